The van der Waals surface area contributed by atoms with E-state index in [1.165, 1.54) is 263 Å². The summed E-state index contributed by atoms with van der Waals surface area (Å²) in [6.07, 6.45) is 66.5. The fourth-order valence-electron chi connectivity index (χ4n) is 13.0. The predicted molar refractivity (Wildman–Crippen MR) is 423 cm³/mol. The summed E-state index contributed by atoms with van der Waals surface area (Å²) >= 11 is 0. The SMILES string of the molecule is CCCCCCCCCCCCCCCCCCCCCCC(=O)O[C@H](COC(=O)CCCCCCCCCCCCCCCCC(C)CC)COP(=O)(O)OC[C@@H](O)COP(=O)(O)OC[C@@H](COC(=O)CCCCCCCCCCCCCC)OC(=O)CCCCCCCCCCCCC(C)C. The highest BCUT2D eigenvalue weighted by molar-refractivity contribution is 7.47. The van der Waals surface area contributed by atoms with Gasteiger partial charge < -0.3 is 33.8 Å². The molecule has 0 saturated carbocycles. The zero-order valence-electron chi connectivity index (χ0n) is 67.6. The van der Waals surface area contributed by atoms with E-state index in [1.807, 2.05) is 0 Å². The molecule has 0 radical (unpaired) electrons. The minimum Gasteiger partial charge on any atom is -0.462 e. The number of carbonyl (C=O) groups is 4. The molecule has 0 spiro atoms. The molecule has 0 aliphatic heterocycles. The molecule has 3 unspecified atom stereocenters. The van der Waals surface area contributed by atoms with Crippen LogP contribution in [0.3, 0.4) is 0 Å². The molecule has 612 valence electrons. The Kier molecular flexibility index (Phi) is 74.1. The first kappa shape index (κ1) is 101. The van der Waals surface area contributed by atoms with E-state index in [9.17, 15) is 43.2 Å². The number of rotatable bonds is 83. The Bertz CT molecular complexity index is 1980. The van der Waals surface area contributed by atoms with Crippen LogP contribution in [0, 0.1) is 11.8 Å². The van der Waals surface area contributed by atoms with Crippen molar-refractivity contribution >= 4 is 39.5 Å². The van der Waals surface area contributed by atoms with Gasteiger partial charge in [0.15, 0.2) is 12.2 Å². The molecule has 6 atom stereocenters. The van der Waals surface area contributed by atoms with Gasteiger partial charge >= 0.3 is 39.5 Å². The molecule has 3 N–H and O–H groups in total. The van der Waals surface area contributed by atoms with E-state index in [1.54, 1.807) is 0 Å². The van der Waals surface area contributed by atoms with Crippen molar-refractivity contribution in [2.24, 2.45) is 11.8 Å². The third-order valence-corrected chi connectivity index (χ3v) is 22.0. The smallest absolute Gasteiger partial charge is 0.462 e. The Morgan fingerprint density at radius 1 is 0.282 bits per heavy atom. The van der Waals surface area contributed by atoms with Crippen LogP contribution in [0.15, 0.2) is 0 Å². The highest BCUT2D eigenvalue weighted by Crippen LogP contribution is 2.45. The van der Waals surface area contributed by atoms with Crippen molar-refractivity contribution in [1.29, 1.82) is 0 Å². The Balaban J connectivity index is 5.25. The van der Waals surface area contributed by atoms with Crippen LogP contribution in [0.25, 0.3) is 0 Å². The summed E-state index contributed by atoms with van der Waals surface area (Å²) in [6, 6.07) is 0. The Labute approximate surface area is 632 Å². The van der Waals surface area contributed by atoms with Gasteiger partial charge in [-0.15, -0.1) is 0 Å². The van der Waals surface area contributed by atoms with Crippen LogP contribution < -0.4 is 0 Å². The van der Waals surface area contributed by atoms with Crippen molar-refractivity contribution < 1.29 is 80.2 Å². The van der Waals surface area contributed by atoms with E-state index >= 15 is 0 Å². The molecule has 0 rings (SSSR count). The molecule has 103 heavy (non-hydrogen) atoms. The molecule has 0 aliphatic rings. The van der Waals surface area contributed by atoms with Gasteiger partial charge in [0, 0.05) is 25.7 Å². The van der Waals surface area contributed by atoms with E-state index in [0.29, 0.717) is 25.7 Å². The van der Waals surface area contributed by atoms with E-state index in [-0.39, 0.29) is 25.7 Å². The highest BCUT2D eigenvalue weighted by atomic mass is 31.2. The summed E-state index contributed by atoms with van der Waals surface area (Å²) in [6.45, 7) is 9.70. The van der Waals surface area contributed by atoms with Crippen LogP contribution in [0.2, 0.25) is 0 Å². The number of carbonyl (C=O) groups excluding carboxylic acids is 4. The molecule has 17 nitrogen and oxygen atoms in total. The standard InChI is InChI=1S/C84H164O17P2/c1-7-10-12-14-16-18-20-22-23-24-25-26-27-28-33-37-44-50-56-62-68-83(88)100-79(72-95-82(87)67-61-55-49-43-36-32-30-29-31-34-41-47-53-59-65-77(6)9-3)74-98-102(90,91)96-70-78(85)71-97-103(92,93)99-75-80(73-94-81(86)66-60-54-48-42-35-21-19-17-15-13-11-8-2)101-84(89)69-63-57-51-45-39-38-40-46-52-58-64-76(4)5/h76-80,85H,7-75H2,1-6H3,(H,90,91)(H,92,93)/t77?,78-,79-,80-/m1/s1. The summed E-state index contributed by atoms with van der Waals surface area (Å²) in [5, 5.41) is 10.7. The number of phosphoric acid groups is 2. The Morgan fingerprint density at radius 3 is 0.738 bits per heavy atom. The zero-order chi connectivity index (χ0) is 75.6. The van der Waals surface area contributed by atoms with E-state index in [4.69, 9.17) is 37.0 Å². The van der Waals surface area contributed by atoms with Crippen molar-refractivity contribution in [3.8, 4) is 0 Å². The van der Waals surface area contributed by atoms with Gasteiger partial charge in [-0.25, -0.2) is 9.13 Å². The molecule has 0 amide bonds. The lowest BCUT2D eigenvalue weighted by Crippen LogP contribution is -2.30. The van der Waals surface area contributed by atoms with Gasteiger partial charge in [0.2, 0.25) is 0 Å². The van der Waals surface area contributed by atoms with Gasteiger partial charge in [-0.05, 0) is 37.5 Å². The first-order valence-corrected chi connectivity index (χ1v) is 46.5. The number of unbranched alkanes of at least 4 members (excludes halogenated alkanes) is 52. The van der Waals surface area contributed by atoms with Gasteiger partial charge in [0.1, 0.15) is 19.3 Å². The van der Waals surface area contributed by atoms with Crippen LogP contribution in [0.1, 0.15) is 446 Å². The summed E-state index contributed by atoms with van der Waals surface area (Å²) in [4.78, 5) is 73.2. The van der Waals surface area contributed by atoms with Crippen molar-refractivity contribution in [3.05, 3.63) is 0 Å². The molecule has 0 bridgehead atoms. The number of hydrogen-bond donors (Lipinski definition) is 3. The lowest BCUT2D eigenvalue weighted by atomic mass is 9.99. The monoisotopic (exact) mass is 1510 g/mol. The van der Waals surface area contributed by atoms with Crippen molar-refractivity contribution in [1.82, 2.24) is 0 Å². The van der Waals surface area contributed by atoms with Crippen LogP contribution in [-0.4, -0.2) is 96.7 Å². The minimum atomic E-state index is -4.96. The van der Waals surface area contributed by atoms with E-state index in [0.717, 1.165) is 102 Å². The van der Waals surface area contributed by atoms with Crippen LogP contribution in [0.5, 0.6) is 0 Å². The van der Waals surface area contributed by atoms with E-state index < -0.39 is 97.5 Å². The molecule has 0 aromatic carbocycles. The second-order valence-electron chi connectivity index (χ2n) is 30.9. The van der Waals surface area contributed by atoms with Gasteiger partial charge in [-0.2, -0.15) is 0 Å². The first-order chi connectivity index (χ1) is 49.9. The molecule has 0 aliphatic carbocycles. The largest absolute Gasteiger partial charge is 0.472 e. The maximum Gasteiger partial charge on any atom is 0.472 e. The lowest BCUT2D eigenvalue weighted by Gasteiger charge is -2.21. The molecular formula is C84H164O17P2. The number of esters is 4. The first-order valence-electron chi connectivity index (χ1n) is 43.5. The summed E-state index contributed by atoms with van der Waals surface area (Å²) in [5.41, 5.74) is 0. The van der Waals surface area contributed by atoms with Crippen LogP contribution in [-0.2, 0) is 65.4 Å². The number of phosphoric ester groups is 2. The maximum absolute atomic E-state index is 13.1. The topological polar surface area (TPSA) is 237 Å². The lowest BCUT2D eigenvalue weighted by molar-refractivity contribution is -0.161. The second kappa shape index (κ2) is 75.5. The Morgan fingerprint density at radius 2 is 0.495 bits per heavy atom. The third-order valence-electron chi connectivity index (χ3n) is 20.1. The van der Waals surface area contributed by atoms with Gasteiger partial charge in [0.25, 0.3) is 0 Å². The molecule has 0 saturated heterocycles. The number of hydrogen-bond acceptors (Lipinski definition) is 15. The third kappa shape index (κ3) is 76.6. The fourth-order valence-corrected chi connectivity index (χ4v) is 14.6. The molecule has 0 aromatic rings. The molecule has 0 fully saturated rings. The minimum absolute atomic E-state index is 0.107. The summed E-state index contributed by atoms with van der Waals surface area (Å²) < 4.78 is 68.8. The molecule has 0 aromatic heterocycles. The number of aliphatic hydroxyl groups excluding tert-OH is 1. The predicted octanol–water partition coefficient (Wildman–Crippen LogP) is 25.5. The van der Waals surface area contributed by atoms with Crippen LogP contribution >= 0.6 is 15.6 Å². The second-order valence-corrected chi connectivity index (χ2v) is 33.8. The van der Waals surface area contributed by atoms with Crippen LogP contribution in [0.4, 0.5) is 0 Å². The number of aliphatic hydroxyl groups is 1. The zero-order valence-corrected chi connectivity index (χ0v) is 69.4. The van der Waals surface area contributed by atoms with Gasteiger partial charge in [-0.1, -0.05) is 395 Å². The molecule has 19 heteroatoms. The summed E-state index contributed by atoms with van der Waals surface area (Å²) in [5.74, 6) is -0.502. The fraction of sp³-hybridized carbons (Fsp3) is 0.952. The van der Waals surface area contributed by atoms with E-state index in [2.05, 4.69) is 41.5 Å². The summed E-state index contributed by atoms with van der Waals surface area (Å²) in [7, 11) is -9.92. The van der Waals surface area contributed by atoms with Crippen molar-refractivity contribution in [3.63, 3.8) is 0 Å². The van der Waals surface area contributed by atoms with Gasteiger partial charge in [-0.3, -0.25) is 37.3 Å². The maximum atomic E-state index is 13.1. The Hall–Kier alpha value is -1.94. The molecule has 0 heterocycles. The molecular weight excluding hydrogens is 1340 g/mol. The average Bonchev–Trinajstić information content (AvgIpc) is 0.913. The van der Waals surface area contributed by atoms with Crippen molar-refractivity contribution in [2.45, 2.75) is 464 Å². The van der Waals surface area contributed by atoms with Crippen molar-refractivity contribution in [2.75, 3.05) is 39.6 Å². The number of ether oxygens (including phenoxy) is 4. The quantitative estimate of drug-likeness (QED) is 0.0222. The highest BCUT2D eigenvalue weighted by Gasteiger charge is 2.30. The average molecular weight is 1510 g/mol. The normalized spacial score (nSPS) is 14.1. The van der Waals surface area contributed by atoms with Gasteiger partial charge in [0.05, 0.1) is 26.4 Å².